The lowest BCUT2D eigenvalue weighted by Crippen LogP contribution is -2.07. The highest BCUT2D eigenvalue weighted by atomic mass is 17.9. The van der Waals surface area contributed by atoms with Gasteiger partial charge in [0.1, 0.15) is 0 Å². The average Bonchev–Trinajstić information content (AvgIpc) is 2.26. The Labute approximate surface area is 82.4 Å². The number of nitrogens with two attached hydrogens (primary N) is 1. The van der Waals surface area contributed by atoms with Crippen LogP contribution in [0.4, 0.5) is 0 Å². The van der Waals surface area contributed by atoms with E-state index < -0.39 is 6.79 Å². The highest BCUT2D eigenvalue weighted by molar-refractivity contribution is 3.73. The first-order valence-electron chi connectivity index (χ1n) is 3.13. The van der Waals surface area contributed by atoms with Crippen LogP contribution in [0.5, 0.6) is 0 Å². The molecule has 92 valence electrons. The zero-order chi connectivity index (χ0) is 11.2. The summed E-state index contributed by atoms with van der Waals surface area (Å²) in [5.41, 5.74) is 0. The minimum atomic E-state index is -0.391. The van der Waals surface area contributed by atoms with Crippen LogP contribution in [-0.4, -0.2) is 20.7 Å². The molecule has 0 spiro atoms. The second-order valence-electron chi connectivity index (χ2n) is 1.33. The minimum Gasteiger partial charge on any atom is -0.273 e. The van der Waals surface area contributed by atoms with Crippen molar-refractivity contribution in [2.24, 2.45) is 5.90 Å². The molecular weight excluding hydrogens is 226 g/mol. The van der Waals surface area contributed by atoms with Crippen LogP contribution in [0.1, 0.15) is 0 Å². The molecule has 0 aromatic heterocycles. The van der Waals surface area contributed by atoms with Gasteiger partial charge in [-0.25, -0.2) is 15.7 Å². The largest absolute Gasteiger partial charge is 0.273 e. The topological polar surface area (TPSA) is 128 Å². The van der Waals surface area contributed by atoms with Crippen LogP contribution in [0, 0.1) is 0 Å². The zero-order valence-electron chi connectivity index (χ0n) is 7.48. The minimum absolute atomic E-state index is 0.367. The van der Waals surface area contributed by atoms with Gasteiger partial charge in [0.25, 0.3) is 0 Å². The molecule has 0 bridgehead atoms. The molecule has 12 heteroatoms. The van der Waals surface area contributed by atoms with Crippen LogP contribution in [0.15, 0.2) is 0 Å². The van der Waals surface area contributed by atoms with E-state index in [1.807, 2.05) is 0 Å². The van der Waals surface area contributed by atoms with Gasteiger partial charge in [-0.2, -0.15) is 9.78 Å². The van der Waals surface area contributed by atoms with E-state index in [1.165, 1.54) is 7.11 Å². The van der Waals surface area contributed by atoms with Gasteiger partial charge in [0, 0.05) is 0 Å². The van der Waals surface area contributed by atoms with E-state index in [-0.39, 0.29) is 6.79 Å². The van der Waals surface area contributed by atoms with Gasteiger partial charge in [-0.05, 0) is 30.2 Å². The van der Waals surface area contributed by atoms with Crippen LogP contribution >= 0.6 is 0 Å². The van der Waals surface area contributed by atoms with Gasteiger partial charge < -0.3 is 0 Å². The SMILES string of the molecule is COOCOOOOOOOOCON. The van der Waals surface area contributed by atoms with Crippen molar-refractivity contribution in [3.8, 4) is 0 Å². The van der Waals surface area contributed by atoms with Crippen molar-refractivity contribution in [2.75, 3.05) is 20.7 Å². The molecular formula is C3H9NO11. The number of hydrogen-bond acceptors (Lipinski definition) is 12. The molecule has 0 aliphatic heterocycles. The molecule has 0 aliphatic rings. The number of rotatable bonds is 12. The first kappa shape index (κ1) is 14.5. The van der Waals surface area contributed by atoms with E-state index in [0.717, 1.165) is 0 Å². The molecule has 0 aromatic rings. The van der Waals surface area contributed by atoms with Crippen molar-refractivity contribution in [3.05, 3.63) is 0 Å². The predicted octanol–water partition coefficient (Wildman–Crippen LogP) is -1.09. The van der Waals surface area contributed by atoms with Crippen LogP contribution in [0.3, 0.4) is 0 Å². The lowest BCUT2D eigenvalue weighted by Gasteiger charge is -2.00. The highest BCUT2D eigenvalue weighted by Crippen LogP contribution is 1.89. The van der Waals surface area contributed by atoms with Crippen LogP contribution < -0.4 is 5.90 Å². The van der Waals surface area contributed by atoms with Gasteiger partial charge in [-0.1, -0.05) is 0 Å². The molecule has 2 N–H and O–H groups in total. The van der Waals surface area contributed by atoms with Crippen LogP contribution in [0.25, 0.3) is 0 Å². The lowest BCUT2D eigenvalue weighted by atomic mass is 11.5. The van der Waals surface area contributed by atoms with Crippen LogP contribution in [-0.2, 0) is 54.6 Å². The Morgan fingerprint density at radius 3 is 1.80 bits per heavy atom. The molecule has 0 rings (SSSR count). The predicted molar refractivity (Wildman–Crippen MR) is 31.8 cm³/mol. The van der Waals surface area contributed by atoms with Crippen molar-refractivity contribution in [1.29, 1.82) is 0 Å². The van der Waals surface area contributed by atoms with Crippen molar-refractivity contribution >= 4 is 0 Å². The zero-order valence-corrected chi connectivity index (χ0v) is 7.48. The summed E-state index contributed by atoms with van der Waals surface area (Å²) in [5.74, 6) is 4.53. The van der Waals surface area contributed by atoms with E-state index in [2.05, 4.69) is 60.5 Å². The molecule has 0 amide bonds. The van der Waals surface area contributed by atoms with Gasteiger partial charge in [0.15, 0.2) is 0 Å². The quantitative estimate of drug-likeness (QED) is 0.191. The Morgan fingerprint density at radius 2 is 1.27 bits per heavy atom. The summed E-state index contributed by atoms with van der Waals surface area (Å²) in [4.78, 5) is 20.3. The van der Waals surface area contributed by atoms with E-state index in [4.69, 9.17) is 0 Å². The molecule has 0 aromatic carbocycles. The Morgan fingerprint density at radius 1 is 0.733 bits per heavy atom. The molecule has 0 aliphatic carbocycles. The molecule has 0 saturated heterocycles. The third-order valence-electron chi connectivity index (χ3n) is 0.565. The summed E-state index contributed by atoms with van der Waals surface area (Å²) in [6.07, 6.45) is 0. The summed E-state index contributed by atoms with van der Waals surface area (Å²) in [6.45, 7) is -0.758. The Balaban J connectivity index is 2.81. The standard InChI is InChI=1S/C3H9NO11/c1-5-7-3-9-11-13-15-14-12-10-8-2-6-4/h2-4H2,1H3. The molecule has 0 atom stereocenters. The Hall–Kier alpha value is -0.480. The fourth-order valence-electron chi connectivity index (χ4n) is 0.219. The van der Waals surface area contributed by atoms with E-state index in [1.54, 1.807) is 0 Å². The lowest BCUT2D eigenvalue weighted by molar-refractivity contribution is -0.817. The third-order valence-corrected chi connectivity index (χ3v) is 0.565. The van der Waals surface area contributed by atoms with E-state index in [9.17, 15) is 0 Å². The molecule has 12 nitrogen and oxygen atoms in total. The molecule has 0 heterocycles. The Kier molecular flexibility index (Phi) is 13.1. The monoisotopic (exact) mass is 235 g/mol. The summed E-state index contributed by atoms with van der Waals surface area (Å²) in [7, 11) is 1.26. The first-order valence-corrected chi connectivity index (χ1v) is 3.13. The van der Waals surface area contributed by atoms with Crippen molar-refractivity contribution in [3.63, 3.8) is 0 Å². The molecule has 0 radical (unpaired) electrons. The molecule has 0 saturated carbocycles. The Bertz CT molecular complexity index is 100. The van der Waals surface area contributed by atoms with Crippen molar-refractivity contribution in [2.45, 2.75) is 0 Å². The number of hydrogen-bond donors (Lipinski definition) is 1. The van der Waals surface area contributed by atoms with Crippen molar-refractivity contribution < 1.29 is 54.6 Å². The fourth-order valence-corrected chi connectivity index (χ4v) is 0.219. The molecule has 15 heavy (non-hydrogen) atoms. The van der Waals surface area contributed by atoms with Gasteiger partial charge in [0.05, 0.1) is 7.11 Å². The smallest absolute Gasteiger partial charge is 0.217 e. The van der Waals surface area contributed by atoms with E-state index >= 15 is 0 Å². The summed E-state index contributed by atoms with van der Waals surface area (Å²) >= 11 is 0. The van der Waals surface area contributed by atoms with Crippen molar-refractivity contribution in [1.82, 2.24) is 0 Å². The first-order chi connectivity index (χ1) is 7.41. The van der Waals surface area contributed by atoms with Gasteiger partial charge in [0.2, 0.25) is 13.6 Å². The third kappa shape index (κ3) is 13.5. The van der Waals surface area contributed by atoms with Gasteiger partial charge >= 0.3 is 0 Å². The average molecular weight is 235 g/mol. The van der Waals surface area contributed by atoms with E-state index in [0.29, 0.717) is 0 Å². The second kappa shape index (κ2) is 13.5. The maximum atomic E-state index is 4.53. The summed E-state index contributed by atoms with van der Waals surface area (Å²) in [5, 5.41) is 22.2. The summed E-state index contributed by atoms with van der Waals surface area (Å²) < 4.78 is 0. The maximum absolute atomic E-state index is 4.53. The van der Waals surface area contributed by atoms with Gasteiger partial charge in [-0.3, -0.25) is 4.84 Å². The highest BCUT2D eigenvalue weighted by Gasteiger charge is 1.95. The van der Waals surface area contributed by atoms with Crippen LogP contribution in [0.2, 0.25) is 0 Å². The molecule has 0 unspecified atom stereocenters. The normalized spacial score (nSPS) is 10.8. The maximum Gasteiger partial charge on any atom is 0.217 e. The molecule has 0 fully saturated rings. The summed E-state index contributed by atoms with van der Waals surface area (Å²) in [6, 6.07) is 0. The second-order valence-corrected chi connectivity index (χ2v) is 1.33. The van der Waals surface area contributed by atoms with Gasteiger partial charge in [-0.15, -0.1) is 0 Å². The fraction of sp³-hybridized carbons (Fsp3) is 1.00.